The van der Waals surface area contributed by atoms with Crippen LogP contribution < -0.4 is 15.4 Å². The molecule has 44 heavy (non-hydrogen) atoms. The number of aliphatic hydroxyl groups excluding tert-OH is 1. The maximum Gasteiger partial charge on any atom is 0.320 e. The van der Waals surface area contributed by atoms with Gasteiger partial charge in [0.05, 0.1) is 42.1 Å². The maximum atomic E-state index is 13.7. The van der Waals surface area contributed by atoms with E-state index in [1.54, 1.807) is 50.8 Å². The number of hydrogen-bond donors (Lipinski definition) is 3. The van der Waals surface area contributed by atoms with Gasteiger partial charge in [0.2, 0.25) is 5.91 Å². The summed E-state index contributed by atoms with van der Waals surface area (Å²) < 4.78 is 30.7. The number of aliphatic hydroxyl groups is 1. The molecular weight excluding hydrogens is 593 g/mol. The molecule has 0 spiro atoms. The van der Waals surface area contributed by atoms with Gasteiger partial charge >= 0.3 is 5.97 Å². The minimum absolute atomic E-state index is 0.0410. The van der Waals surface area contributed by atoms with Gasteiger partial charge in [-0.3, -0.25) is 14.5 Å². The lowest BCUT2D eigenvalue weighted by molar-refractivity contribution is -0.156. The Kier molecular flexibility index (Phi) is 11.1. The van der Waals surface area contributed by atoms with Gasteiger partial charge in [-0.1, -0.05) is 17.7 Å². The van der Waals surface area contributed by atoms with Crippen LogP contribution in [0.4, 0.5) is 21.6 Å². The molecule has 1 aliphatic rings. The number of hydrogen-bond acceptors (Lipinski definition) is 10. The van der Waals surface area contributed by atoms with Crippen molar-refractivity contribution in [3.05, 3.63) is 59.7 Å². The number of amides is 1. The van der Waals surface area contributed by atoms with E-state index in [-0.39, 0.29) is 30.8 Å². The lowest BCUT2D eigenvalue weighted by atomic mass is 10.1. The van der Waals surface area contributed by atoms with Crippen molar-refractivity contribution < 1.29 is 33.3 Å². The summed E-state index contributed by atoms with van der Waals surface area (Å²) >= 11 is 5.95. The van der Waals surface area contributed by atoms with Crippen molar-refractivity contribution in [2.75, 3.05) is 43.5 Å². The first-order valence-corrected chi connectivity index (χ1v) is 14.6. The molecule has 1 aliphatic heterocycles. The van der Waals surface area contributed by atoms with Gasteiger partial charge in [-0.05, 0) is 52.0 Å². The molecule has 1 aromatic heterocycles. The minimum atomic E-state index is -0.688. The molecule has 2 atom stereocenters. The Balaban J connectivity index is 1.55. The van der Waals surface area contributed by atoms with E-state index in [0.717, 1.165) is 0 Å². The highest BCUT2D eigenvalue weighted by Crippen LogP contribution is 2.35. The molecule has 1 fully saturated rings. The van der Waals surface area contributed by atoms with Crippen LogP contribution in [0.25, 0.3) is 10.9 Å². The fraction of sp³-hybridized carbons (Fsp3) is 0.419. The number of aromatic nitrogens is 2. The molecule has 3 N–H and O–H groups in total. The van der Waals surface area contributed by atoms with E-state index in [1.807, 2.05) is 0 Å². The lowest BCUT2D eigenvalue weighted by Crippen LogP contribution is -2.38. The average Bonchev–Trinajstić information content (AvgIpc) is 3.43. The zero-order chi connectivity index (χ0) is 31.9. The van der Waals surface area contributed by atoms with Crippen LogP contribution in [0.1, 0.15) is 34.1 Å². The molecule has 13 heteroatoms. The van der Waals surface area contributed by atoms with E-state index in [2.05, 4.69) is 20.6 Å². The Morgan fingerprint density at radius 2 is 2.07 bits per heavy atom. The SMILES string of the molecule is CC(O)CN(CC=CC(=O)Nc1cc2c(Nc3ccc(F)c(Cl)c3)ncnc2cc1OC1CCOC1)CC(=O)OC(C)(C)C. The second kappa shape index (κ2) is 14.8. The number of carbonyl (C=O) groups is 2. The molecule has 11 nitrogen and oxygen atoms in total. The lowest BCUT2D eigenvalue weighted by Gasteiger charge is -2.25. The third-order valence-electron chi connectivity index (χ3n) is 6.29. The fourth-order valence-corrected chi connectivity index (χ4v) is 4.67. The van der Waals surface area contributed by atoms with Crippen LogP contribution in [0, 0.1) is 5.82 Å². The maximum absolute atomic E-state index is 13.7. The number of fused-ring (bicyclic) bond motifs is 1. The average molecular weight is 630 g/mol. The number of halogens is 2. The monoisotopic (exact) mass is 629 g/mol. The molecule has 0 radical (unpaired) electrons. The van der Waals surface area contributed by atoms with Crippen LogP contribution in [0.3, 0.4) is 0 Å². The van der Waals surface area contributed by atoms with Crippen LogP contribution in [0.5, 0.6) is 5.75 Å². The van der Waals surface area contributed by atoms with Crippen molar-refractivity contribution in [1.82, 2.24) is 14.9 Å². The van der Waals surface area contributed by atoms with E-state index in [0.29, 0.717) is 53.5 Å². The number of benzene rings is 2. The van der Waals surface area contributed by atoms with Crippen LogP contribution in [0.2, 0.25) is 5.02 Å². The molecule has 4 rings (SSSR count). The molecule has 3 aromatic rings. The van der Waals surface area contributed by atoms with Crippen LogP contribution in [-0.2, 0) is 19.1 Å². The van der Waals surface area contributed by atoms with Crippen LogP contribution in [0.15, 0.2) is 48.8 Å². The van der Waals surface area contributed by atoms with Gasteiger partial charge in [0.1, 0.15) is 35.4 Å². The van der Waals surface area contributed by atoms with Gasteiger partial charge in [-0.15, -0.1) is 0 Å². The normalized spacial score (nSPS) is 16.0. The zero-order valence-electron chi connectivity index (χ0n) is 25.1. The van der Waals surface area contributed by atoms with Crippen LogP contribution in [-0.4, -0.2) is 82.5 Å². The van der Waals surface area contributed by atoms with E-state index in [9.17, 15) is 19.1 Å². The molecule has 1 amide bonds. The Hall–Kier alpha value is -3.84. The molecule has 2 unspecified atom stereocenters. The quantitative estimate of drug-likeness (QED) is 0.188. The summed E-state index contributed by atoms with van der Waals surface area (Å²) in [6, 6.07) is 7.63. The Morgan fingerprint density at radius 1 is 1.27 bits per heavy atom. The molecule has 2 heterocycles. The Morgan fingerprint density at radius 3 is 2.75 bits per heavy atom. The van der Waals surface area contributed by atoms with Crippen molar-refractivity contribution >= 4 is 51.6 Å². The van der Waals surface area contributed by atoms with Crippen molar-refractivity contribution in [2.24, 2.45) is 0 Å². The summed E-state index contributed by atoms with van der Waals surface area (Å²) in [6.07, 6.45) is 4.15. The van der Waals surface area contributed by atoms with E-state index in [1.165, 1.54) is 30.6 Å². The summed E-state index contributed by atoms with van der Waals surface area (Å²) in [5, 5.41) is 16.4. The smallest absolute Gasteiger partial charge is 0.320 e. The molecule has 0 aliphatic carbocycles. The van der Waals surface area contributed by atoms with E-state index < -0.39 is 29.4 Å². The first-order chi connectivity index (χ1) is 20.9. The van der Waals surface area contributed by atoms with Crippen molar-refractivity contribution in [3.63, 3.8) is 0 Å². The number of ether oxygens (including phenoxy) is 3. The van der Waals surface area contributed by atoms with E-state index >= 15 is 0 Å². The van der Waals surface area contributed by atoms with Crippen LogP contribution >= 0.6 is 11.6 Å². The summed E-state index contributed by atoms with van der Waals surface area (Å²) in [4.78, 5) is 35.8. The third kappa shape index (κ3) is 9.84. The van der Waals surface area contributed by atoms with E-state index in [4.69, 9.17) is 25.8 Å². The number of anilines is 3. The highest BCUT2D eigenvalue weighted by Gasteiger charge is 2.22. The molecule has 0 saturated carbocycles. The summed E-state index contributed by atoms with van der Waals surface area (Å²) in [7, 11) is 0. The molecule has 2 aromatic carbocycles. The van der Waals surface area contributed by atoms with Gasteiger partial charge < -0.3 is 30.0 Å². The standard InChI is InChI=1S/C31H37ClFN5O6/c1-19(39)15-38(16-29(41)44-31(2,3)4)10-5-6-28(40)37-26-13-22-25(14-27(26)43-21-9-11-42-17-21)34-18-35-30(22)36-20-7-8-24(33)23(32)12-20/h5-8,12-14,18-19,21,39H,9-11,15-17H2,1-4H3,(H,37,40)(H,34,35,36). The number of nitrogens with zero attached hydrogens (tertiary/aromatic N) is 3. The minimum Gasteiger partial charge on any atom is -0.486 e. The Labute approximate surface area is 260 Å². The summed E-state index contributed by atoms with van der Waals surface area (Å²) in [5.41, 5.74) is 0.805. The predicted molar refractivity (Wildman–Crippen MR) is 166 cm³/mol. The van der Waals surface area contributed by atoms with Gasteiger partial charge in [-0.25, -0.2) is 14.4 Å². The van der Waals surface area contributed by atoms with Gasteiger partial charge in [0.25, 0.3) is 0 Å². The number of esters is 1. The number of nitrogens with one attached hydrogen (secondary N) is 2. The van der Waals surface area contributed by atoms with Crippen molar-refractivity contribution in [3.8, 4) is 5.75 Å². The molecule has 0 bridgehead atoms. The second-order valence-corrected chi connectivity index (χ2v) is 11.9. The summed E-state index contributed by atoms with van der Waals surface area (Å²) in [6.45, 7) is 8.34. The number of carbonyl (C=O) groups excluding carboxylic acids is 2. The van der Waals surface area contributed by atoms with Crippen molar-refractivity contribution in [2.45, 2.75) is 51.9 Å². The number of rotatable bonds is 12. The topological polar surface area (TPSA) is 135 Å². The van der Waals surface area contributed by atoms with Crippen molar-refractivity contribution in [1.29, 1.82) is 0 Å². The first kappa shape index (κ1) is 33.1. The predicted octanol–water partition coefficient (Wildman–Crippen LogP) is 4.85. The molecule has 1 saturated heterocycles. The largest absolute Gasteiger partial charge is 0.486 e. The molecule has 236 valence electrons. The zero-order valence-corrected chi connectivity index (χ0v) is 25.9. The summed E-state index contributed by atoms with van der Waals surface area (Å²) in [5.74, 6) is -0.596. The highest BCUT2D eigenvalue weighted by atomic mass is 35.5. The highest BCUT2D eigenvalue weighted by molar-refractivity contribution is 6.31. The van der Waals surface area contributed by atoms with Gasteiger partial charge in [-0.2, -0.15) is 0 Å². The van der Waals surface area contributed by atoms with Gasteiger partial charge in [0, 0.05) is 42.7 Å². The first-order valence-electron chi connectivity index (χ1n) is 14.2. The fourth-order valence-electron chi connectivity index (χ4n) is 4.49. The van der Waals surface area contributed by atoms with Gasteiger partial charge in [0.15, 0.2) is 0 Å². The Bertz CT molecular complexity index is 1510. The molecular formula is C31H37ClFN5O6. The third-order valence-corrected chi connectivity index (χ3v) is 6.58. The second-order valence-electron chi connectivity index (χ2n) is 11.5.